The second kappa shape index (κ2) is 4.59. The van der Waals surface area contributed by atoms with Crippen LogP contribution in [0.4, 0.5) is 5.69 Å². The number of ether oxygens (including phenoxy) is 1. The summed E-state index contributed by atoms with van der Waals surface area (Å²) in [6.45, 7) is 3.40. The highest BCUT2D eigenvalue weighted by Gasteiger charge is 2.15. The maximum absolute atomic E-state index is 7.54. The Morgan fingerprint density at radius 2 is 2.11 bits per heavy atom. The number of hydrogen-bond donors (Lipinski definition) is 2. The van der Waals surface area contributed by atoms with Crippen molar-refractivity contribution in [3.63, 3.8) is 0 Å². The predicted molar refractivity (Wildman–Crippen MR) is 75.9 cm³/mol. The van der Waals surface area contributed by atoms with Gasteiger partial charge in [-0.1, -0.05) is 6.07 Å². The summed E-state index contributed by atoms with van der Waals surface area (Å²) in [4.78, 5) is 3.17. The van der Waals surface area contributed by atoms with Gasteiger partial charge in [0.15, 0.2) is 0 Å². The Bertz CT molecular complexity index is 587. The van der Waals surface area contributed by atoms with Crippen LogP contribution in [0.1, 0.15) is 4.88 Å². The van der Waals surface area contributed by atoms with Gasteiger partial charge in [-0.3, -0.25) is 5.41 Å². The molecule has 4 nitrogen and oxygen atoms in total. The molecule has 1 aromatic heterocycles. The second-order valence-corrected chi connectivity index (χ2v) is 5.40. The Hall–Kier alpha value is -1.59. The minimum atomic E-state index is 0.143. The molecule has 2 aromatic rings. The van der Waals surface area contributed by atoms with Crippen LogP contribution in [0.2, 0.25) is 0 Å². The first-order valence-corrected chi connectivity index (χ1v) is 6.77. The molecule has 1 saturated heterocycles. The Morgan fingerprint density at radius 3 is 2.83 bits per heavy atom. The average Bonchev–Trinajstić information content (AvgIpc) is 2.83. The number of nitrogens with two attached hydrogens (primary N) is 1. The highest BCUT2D eigenvalue weighted by Crippen LogP contribution is 2.33. The van der Waals surface area contributed by atoms with Crippen LogP contribution in [0.5, 0.6) is 0 Å². The van der Waals surface area contributed by atoms with E-state index in [4.69, 9.17) is 15.9 Å². The smallest absolute Gasteiger partial charge is 0.133 e. The highest BCUT2D eigenvalue weighted by molar-refractivity contribution is 7.20. The molecule has 0 atom stereocenters. The Balaban J connectivity index is 2.07. The van der Waals surface area contributed by atoms with Crippen molar-refractivity contribution < 1.29 is 4.74 Å². The van der Waals surface area contributed by atoms with Crippen LogP contribution in [0, 0.1) is 5.41 Å². The Kier molecular flexibility index (Phi) is 2.93. The first kappa shape index (κ1) is 11.5. The van der Waals surface area contributed by atoms with Crippen molar-refractivity contribution in [3.05, 3.63) is 29.1 Å². The standard InChI is InChI=1S/C13H15N3OS/c14-13(15)12-8-9-10(2-1-3-11(9)18-12)16-4-6-17-7-5-16/h1-3,8H,4-7H2,(H3,14,15). The van der Waals surface area contributed by atoms with Crippen LogP contribution in [0.3, 0.4) is 0 Å². The monoisotopic (exact) mass is 261 g/mol. The fourth-order valence-corrected chi connectivity index (χ4v) is 3.20. The van der Waals surface area contributed by atoms with Gasteiger partial charge in [0.2, 0.25) is 0 Å². The summed E-state index contributed by atoms with van der Waals surface area (Å²) in [6.07, 6.45) is 0. The van der Waals surface area contributed by atoms with Crippen molar-refractivity contribution in [3.8, 4) is 0 Å². The van der Waals surface area contributed by atoms with E-state index in [1.807, 2.05) is 6.07 Å². The summed E-state index contributed by atoms with van der Waals surface area (Å²) in [5, 5.41) is 8.73. The van der Waals surface area contributed by atoms with Crippen molar-refractivity contribution >= 4 is 32.9 Å². The third-order valence-electron chi connectivity index (χ3n) is 3.16. The van der Waals surface area contributed by atoms with Gasteiger partial charge in [-0.05, 0) is 18.2 Å². The summed E-state index contributed by atoms with van der Waals surface area (Å²) >= 11 is 1.58. The van der Waals surface area contributed by atoms with Gasteiger partial charge in [0.1, 0.15) is 5.84 Å². The number of nitrogen functional groups attached to an aromatic ring is 1. The number of nitrogens with zero attached hydrogens (tertiary/aromatic N) is 1. The fourth-order valence-electron chi connectivity index (χ4n) is 2.26. The fraction of sp³-hybridized carbons (Fsp3) is 0.308. The van der Waals surface area contributed by atoms with Crippen LogP contribution in [0.15, 0.2) is 24.3 Å². The van der Waals surface area contributed by atoms with Gasteiger partial charge in [-0.25, -0.2) is 0 Å². The number of benzene rings is 1. The molecular formula is C13H15N3OS. The SMILES string of the molecule is N=C(N)c1cc2c(N3CCOCC3)cccc2s1. The second-order valence-electron chi connectivity index (χ2n) is 4.31. The molecule has 2 heterocycles. The molecule has 1 fully saturated rings. The van der Waals surface area contributed by atoms with E-state index >= 15 is 0 Å². The van der Waals surface area contributed by atoms with E-state index in [1.165, 1.54) is 15.8 Å². The van der Waals surface area contributed by atoms with E-state index in [2.05, 4.69) is 23.1 Å². The molecule has 5 heteroatoms. The van der Waals surface area contributed by atoms with Crippen molar-refractivity contribution in [2.24, 2.45) is 5.73 Å². The first-order valence-electron chi connectivity index (χ1n) is 5.95. The number of amidine groups is 1. The third kappa shape index (κ3) is 1.95. The predicted octanol–water partition coefficient (Wildman–Crippen LogP) is 2.02. The van der Waals surface area contributed by atoms with E-state index < -0.39 is 0 Å². The number of nitrogens with one attached hydrogen (secondary N) is 1. The molecule has 0 spiro atoms. The number of thiophene rings is 1. The minimum absolute atomic E-state index is 0.143. The van der Waals surface area contributed by atoms with E-state index in [-0.39, 0.29) is 5.84 Å². The minimum Gasteiger partial charge on any atom is -0.383 e. The molecule has 3 rings (SSSR count). The molecule has 1 aromatic carbocycles. The molecule has 0 amide bonds. The van der Waals surface area contributed by atoms with Crippen LogP contribution in [-0.2, 0) is 4.74 Å². The number of fused-ring (bicyclic) bond motifs is 1. The zero-order valence-electron chi connectivity index (χ0n) is 9.98. The lowest BCUT2D eigenvalue weighted by atomic mass is 10.2. The quantitative estimate of drug-likeness (QED) is 0.642. The lowest BCUT2D eigenvalue weighted by Crippen LogP contribution is -2.36. The molecule has 1 aliphatic heterocycles. The Morgan fingerprint density at radius 1 is 1.33 bits per heavy atom. The molecule has 0 unspecified atom stereocenters. The van der Waals surface area contributed by atoms with Gasteiger partial charge in [0.05, 0.1) is 18.1 Å². The van der Waals surface area contributed by atoms with Crippen LogP contribution < -0.4 is 10.6 Å². The van der Waals surface area contributed by atoms with E-state index in [9.17, 15) is 0 Å². The van der Waals surface area contributed by atoms with Gasteiger partial charge in [0.25, 0.3) is 0 Å². The number of morpholine rings is 1. The molecule has 0 saturated carbocycles. The maximum atomic E-state index is 7.54. The third-order valence-corrected chi connectivity index (χ3v) is 4.29. The summed E-state index contributed by atoms with van der Waals surface area (Å²) in [7, 11) is 0. The molecule has 0 radical (unpaired) electrons. The highest BCUT2D eigenvalue weighted by atomic mass is 32.1. The lowest BCUT2D eigenvalue weighted by molar-refractivity contribution is 0.123. The average molecular weight is 261 g/mol. The molecule has 0 aliphatic carbocycles. The van der Waals surface area contributed by atoms with Gasteiger partial charge >= 0.3 is 0 Å². The van der Waals surface area contributed by atoms with E-state index in [0.717, 1.165) is 31.2 Å². The number of anilines is 1. The zero-order chi connectivity index (χ0) is 12.5. The van der Waals surface area contributed by atoms with Crippen LogP contribution in [0.25, 0.3) is 10.1 Å². The summed E-state index contributed by atoms with van der Waals surface area (Å²) in [5.41, 5.74) is 6.79. The van der Waals surface area contributed by atoms with E-state index in [0.29, 0.717) is 0 Å². The zero-order valence-corrected chi connectivity index (χ0v) is 10.8. The largest absolute Gasteiger partial charge is 0.383 e. The molecule has 1 aliphatic rings. The lowest BCUT2D eigenvalue weighted by Gasteiger charge is -2.29. The number of rotatable bonds is 2. The molecule has 3 N–H and O–H groups in total. The Labute approximate surface area is 109 Å². The topological polar surface area (TPSA) is 62.3 Å². The summed E-state index contributed by atoms with van der Waals surface area (Å²) < 4.78 is 6.57. The van der Waals surface area contributed by atoms with E-state index in [1.54, 1.807) is 11.3 Å². The van der Waals surface area contributed by atoms with Crippen LogP contribution >= 0.6 is 11.3 Å². The van der Waals surface area contributed by atoms with Crippen molar-refractivity contribution in [2.75, 3.05) is 31.2 Å². The van der Waals surface area contributed by atoms with Crippen molar-refractivity contribution in [1.29, 1.82) is 5.41 Å². The van der Waals surface area contributed by atoms with Crippen molar-refractivity contribution in [1.82, 2.24) is 0 Å². The normalized spacial score (nSPS) is 16.1. The number of hydrogen-bond acceptors (Lipinski definition) is 4. The van der Waals surface area contributed by atoms with Gasteiger partial charge < -0.3 is 15.4 Å². The molecule has 0 bridgehead atoms. The first-order chi connectivity index (χ1) is 8.75. The molecular weight excluding hydrogens is 246 g/mol. The maximum Gasteiger partial charge on any atom is 0.133 e. The summed E-state index contributed by atoms with van der Waals surface area (Å²) in [5.74, 6) is 0.143. The van der Waals surface area contributed by atoms with Gasteiger partial charge in [0, 0.05) is 28.9 Å². The van der Waals surface area contributed by atoms with Gasteiger partial charge in [-0.2, -0.15) is 0 Å². The van der Waals surface area contributed by atoms with Gasteiger partial charge in [-0.15, -0.1) is 11.3 Å². The van der Waals surface area contributed by atoms with Crippen LogP contribution in [-0.4, -0.2) is 32.1 Å². The molecule has 18 heavy (non-hydrogen) atoms. The summed E-state index contributed by atoms with van der Waals surface area (Å²) in [6, 6.07) is 8.29. The van der Waals surface area contributed by atoms with Crippen molar-refractivity contribution in [2.45, 2.75) is 0 Å². The molecule has 94 valence electrons.